The molecule has 2 fully saturated rings. The van der Waals surface area contributed by atoms with Gasteiger partial charge in [0.2, 0.25) is 0 Å². The Bertz CT molecular complexity index is 2710. The van der Waals surface area contributed by atoms with Gasteiger partial charge in [-0.2, -0.15) is 0 Å². The molecule has 2 aromatic heterocycles. The van der Waals surface area contributed by atoms with E-state index in [-0.39, 0.29) is 56.3 Å². The van der Waals surface area contributed by atoms with E-state index < -0.39 is 56.3 Å². The molecule has 3 aromatic carbocycles. The van der Waals surface area contributed by atoms with Crippen LogP contribution >= 0.6 is 23.2 Å². The molecule has 0 bridgehead atoms. The lowest BCUT2D eigenvalue weighted by molar-refractivity contribution is -0.122. The Hall–Kier alpha value is -5.71. The fraction of sp³-hybridized carbons (Fsp3) is 0.333. The number of ether oxygens (including phenoxy) is 3. The van der Waals surface area contributed by atoms with Crippen LogP contribution in [0.15, 0.2) is 86.7 Å². The summed E-state index contributed by atoms with van der Waals surface area (Å²) >= 11 is 14.9. The number of hydrogen-bond acceptors (Lipinski definition) is 10. The van der Waals surface area contributed by atoms with Gasteiger partial charge in [0.25, 0.3) is 17.4 Å². The zero-order valence-electron chi connectivity index (χ0n) is 30.8. The summed E-state index contributed by atoms with van der Waals surface area (Å²) in [6.45, 7) is -0.783. The zero-order valence-corrected chi connectivity index (χ0v) is 32.3. The van der Waals surface area contributed by atoms with Crippen molar-refractivity contribution in [3.8, 4) is 17.2 Å². The third kappa shape index (κ3) is 5.56. The van der Waals surface area contributed by atoms with Gasteiger partial charge in [0, 0.05) is 50.0 Å². The molecule has 0 spiro atoms. The number of imide groups is 1. The number of methoxy groups -OCH3 is 2. The van der Waals surface area contributed by atoms with E-state index in [2.05, 4.69) is 4.98 Å². The smallest absolute Gasteiger partial charge is 0.347 e. The molecule has 1 aliphatic carbocycles. The summed E-state index contributed by atoms with van der Waals surface area (Å²) in [5, 5.41) is 9.60. The fourth-order valence-corrected chi connectivity index (χ4v) is 9.25. The maximum Gasteiger partial charge on any atom is 0.347 e. The number of aromatic nitrogens is 5. The van der Waals surface area contributed by atoms with Gasteiger partial charge in [-0.25, -0.2) is 37.8 Å². The number of para-hydroxylation sites is 1. The lowest BCUT2D eigenvalue weighted by Crippen LogP contribution is -2.59. The Labute approximate surface area is 332 Å². The molecule has 4 atom stereocenters. The van der Waals surface area contributed by atoms with E-state index in [9.17, 15) is 33.5 Å². The topological polar surface area (TPSA) is 169 Å². The Kier molecular flexibility index (Phi) is 9.40. The summed E-state index contributed by atoms with van der Waals surface area (Å²) in [5.74, 6) is -2.52. The molecule has 15 nitrogen and oxygen atoms in total. The van der Waals surface area contributed by atoms with E-state index in [0.717, 1.165) is 21.6 Å². The van der Waals surface area contributed by atoms with Gasteiger partial charge >= 0.3 is 11.4 Å². The number of halogens is 3. The van der Waals surface area contributed by atoms with Gasteiger partial charge in [0.15, 0.2) is 21.2 Å². The van der Waals surface area contributed by atoms with E-state index in [1.54, 1.807) is 49.5 Å². The lowest BCUT2D eigenvalue weighted by Gasteiger charge is -2.49. The molecular formula is C39H35Cl2FN6O9. The number of aliphatic hydroxyl groups is 1. The number of aliphatic hydroxyl groups excluding tert-OH is 1. The Morgan fingerprint density at radius 1 is 0.930 bits per heavy atom. The van der Waals surface area contributed by atoms with Crippen molar-refractivity contribution in [2.24, 2.45) is 7.05 Å². The van der Waals surface area contributed by atoms with Crippen LogP contribution in [0.25, 0.3) is 11.0 Å². The van der Waals surface area contributed by atoms with Crippen LogP contribution in [0.2, 0.25) is 0 Å². The first kappa shape index (κ1) is 38.2. The highest BCUT2D eigenvalue weighted by Crippen LogP contribution is 2.64. The highest BCUT2D eigenvalue weighted by Gasteiger charge is 2.76. The molecule has 5 aromatic rings. The van der Waals surface area contributed by atoms with Gasteiger partial charge < -0.3 is 23.9 Å². The second-order valence-electron chi connectivity index (χ2n) is 13.9. The second kappa shape index (κ2) is 14.0. The largest absolute Gasteiger partial charge is 0.493 e. The normalized spacial score (nSPS) is 22.6. The number of amides is 2. The van der Waals surface area contributed by atoms with Crippen molar-refractivity contribution in [3.63, 3.8) is 0 Å². The predicted octanol–water partition coefficient (Wildman–Crippen LogP) is 3.03. The summed E-state index contributed by atoms with van der Waals surface area (Å²) in [6, 6.07) is 13.5. The third-order valence-corrected chi connectivity index (χ3v) is 12.5. The molecule has 3 aliphatic rings. The van der Waals surface area contributed by atoms with Crippen LogP contribution in [0.4, 0.5) is 10.1 Å². The average Bonchev–Trinajstić information content (AvgIpc) is 3.54. The summed E-state index contributed by atoms with van der Waals surface area (Å²) in [6.07, 6.45) is 1.21. The Morgan fingerprint density at radius 3 is 2.33 bits per heavy atom. The minimum absolute atomic E-state index is 0.0348. The Morgan fingerprint density at radius 2 is 1.63 bits per heavy atom. The van der Waals surface area contributed by atoms with Crippen LogP contribution in [0, 0.1) is 5.82 Å². The number of benzene rings is 3. The minimum atomic E-state index is -2.21. The van der Waals surface area contributed by atoms with Gasteiger partial charge in [-0.3, -0.25) is 14.4 Å². The van der Waals surface area contributed by atoms with E-state index in [4.69, 9.17) is 37.4 Å². The maximum atomic E-state index is 14.7. The summed E-state index contributed by atoms with van der Waals surface area (Å²) in [7, 11) is 4.52. The number of nitrogens with zero attached hydrogens (tertiary/aromatic N) is 6. The average molecular weight is 822 g/mol. The third-order valence-electron chi connectivity index (χ3n) is 11.0. The van der Waals surface area contributed by atoms with Crippen molar-refractivity contribution in [2.75, 3.05) is 32.3 Å². The lowest BCUT2D eigenvalue weighted by atomic mass is 9.64. The van der Waals surface area contributed by atoms with Gasteiger partial charge in [-0.05, 0) is 35.9 Å². The molecule has 2 amide bonds. The molecule has 4 unspecified atom stereocenters. The van der Waals surface area contributed by atoms with Crippen molar-refractivity contribution in [1.29, 1.82) is 0 Å². The monoisotopic (exact) mass is 820 g/mol. The van der Waals surface area contributed by atoms with Crippen LogP contribution in [0.3, 0.4) is 0 Å². The number of aryl methyl sites for hydroxylation is 2. The summed E-state index contributed by atoms with van der Waals surface area (Å²) in [5.41, 5.74) is -0.0624. The molecule has 296 valence electrons. The first-order chi connectivity index (χ1) is 27.3. The highest BCUT2D eigenvalue weighted by atomic mass is 35.5. The van der Waals surface area contributed by atoms with Crippen LogP contribution < -0.4 is 36.0 Å². The zero-order chi connectivity index (χ0) is 40.6. The van der Waals surface area contributed by atoms with Crippen molar-refractivity contribution in [2.45, 2.75) is 47.6 Å². The molecule has 18 heteroatoms. The predicted molar refractivity (Wildman–Crippen MR) is 206 cm³/mol. The number of hydrogen-bond donors (Lipinski definition) is 1. The first-order valence-corrected chi connectivity index (χ1v) is 18.6. The molecular weight excluding hydrogens is 786 g/mol. The van der Waals surface area contributed by atoms with Crippen LogP contribution in [0.5, 0.6) is 17.2 Å². The molecule has 2 aliphatic heterocycles. The number of fused-ring (bicyclic) bond motifs is 5. The quantitative estimate of drug-likeness (QED) is 0.126. The standard InChI is InChI=1S/C39H35Cl2FN6O9/c1-44-27-19-31(56-3)30(55-2)18-26(27)43-25(33(44)50)13-14-45-36(53)46-15-12-23-28(48(46)37(45)54)20-38(40)34(51)47(22-10-8-21(42)9-11-22)35(52)39(38,41)32(23)24-6-4-5-7-29(24)57-17-16-49/h4-12,18-19,28,32,49H,13-17,20H2,1-3H3. The Balaban J connectivity index is 1.23. The number of alkyl halides is 2. The molecule has 4 heterocycles. The van der Waals surface area contributed by atoms with Crippen molar-refractivity contribution >= 4 is 51.7 Å². The number of anilines is 1. The molecule has 8 rings (SSSR count). The fourth-order valence-electron chi connectivity index (χ4n) is 8.34. The van der Waals surface area contributed by atoms with E-state index in [0.29, 0.717) is 33.7 Å². The van der Waals surface area contributed by atoms with Crippen LogP contribution in [-0.4, -0.2) is 77.6 Å². The molecule has 57 heavy (non-hydrogen) atoms. The van der Waals surface area contributed by atoms with Crippen molar-refractivity contribution in [3.05, 3.63) is 121 Å². The van der Waals surface area contributed by atoms with Crippen LogP contribution in [-0.2, 0) is 36.1 Å². The molecule has 1 N–H and O–H groups in total. The first-order valence-electron chi connectivity index (χ1n) is 17.9. The van der Waals surface area contributed by atoms with E-state index >= 15 is 0 Å². The number of rotatable bonds is 10. The van der Waals surface area contributed by atoms with Gasteiger partial charge in [-0.1, -0.05) is 24.3 Å². The number of carbonyl (C=O) groups is 2. The second-order valence-corrected chi connectivity index (χ2v) is 15.2. The summed E-state index contributed by atoms with van der Waals surface area (Å²) < 4.78 is 35.5. The maximum absolute atomic E-state index is 14.7. The summed E-state index contributed by atoms with van der Waals surface area (Å²) in [4.78, 5) is 72.0. The van der Waals surface area contributed by atoms with Crippen molar-refractivity contribution in [1.82, 2.24) is 23.5 Å². The van der Waals surface area contributed by atoms with Gasteiger partial charge in [0.1, 0.15) is 23.9 Å². The van der Waals surface area contributed by atoms with E-state index in [1.807, 2.05) is 0 Å². The molecule has 1 saturated heterocycles. The highest BCUT2D eigenvalue weighted by molar-refractivity contribution is 6.58. The van der Waals surface area contributed by atoms with Crippen LogP contribution in [0.1, 0.15) is 29.6 Å². The van der Waals surface area contributed by atoms with Gasteiger partial charge in [0.05, 0.1) is 50.1 Å². The molecule has 0 radical (unpaired) electrons. The minimum Gasteiger partial charge on any atom is -0.493 e. The SMILES string of the molecule is COc1cc2nc(CCn3c(=O)n4n(c3=O)C3CC5(Cl)C(=O)N(c6ccc(F)cc6)C(=O)C5(Cl)C(c5ccccc5OCCO)C3=CC4)c(=O)n(C)c2cc1OC. The molecule has 1 saturated carbocycles. The number of allylic oxidation sites excluding steroid dienone is 2. The van der Waals surface area contributed by atoms with E-state index in [1.165, 1.54) is 40.3 Å². The van der Waals surface area contributed by atoms with Crippen molar-refractivity contribution < 1.29 is 33.3 Å². The van der Waals surface area contributed by atoms with Gasteiger partial charge in [-0.15, -0.1) is 23.2 Å². The number of carbonyl (C=O) groups excluding carboxylic acids is 2.